The van der Waals surface area contributed by atoms with Gasteiger partial charge < -0.3 is 14.4 Å². The molecule has 0 aliphatic rings. The van der Waals surface area contributed by atoms with E-state index < -0.39 is 29.7 Å². The maximum atomic E-state index is 11.9. The number of carbonyl (C=O) groups is 5. The molecule has 0 atom stereocenters. The molecule has 0 heterocycles. The van der Waals surface area contributed by atoms with Crippen molar-refractivity contribution >= 4 is 35.7 Å². The summed E-state index contributed by atoms with van der Waals surface area (Å²) in [6.45, 7) is 4.87. The van der Waals surface area contributed by atoms with Crippen molar-refractivity contribution in [1.29, 1.82) is 0 Å². The van der Waals surface area contributed by atoms with E-state index in [-0.39, 0.29) is 32.1 Å². The summed E-state index contributed by atoms with van der Waals surface area (Å²) in [6.07, 6.45) is -0.288. The predicted octanol–water partition coefficient (Wildman–Crippen LogP) is -0.288. The van der Waals surface area contributed by atoms with Gasteiger partial charge in [0, 0.05) is 34.4 Å². The number of rotatable bonds is 6. The molecule has 10 heteroatoms. The van der Waals surface area contributed by atoms with E-state index in [0.29, 0.717) is 0 Å². The fraction of sp³-hybridized carbons (Fsp3) is 0.600. The van der Waals surface area contributed by atoms with E-state index in [1.165, 1.54) is 25.8 Å². The minimum absolute atomic E-state index is 0.108. The van der Waals surface area contributed by atoms with Crippen LogP contribution in [0, 0.1) is 0 Å². The van der Waals surface area contributed by atoms with Crippen LogP contribution >= 0.6 is 0 Å². The first-order valence-electron chi connectivity index (χ1n) is 7.53. The highest BCUT2D eigenvalue weighted by Crippen LogP contribution is 2.03. The summed E-state index contributed by atoms with van der Waals surface area (Å²) in [4.78, 5) is 63.1. The first kappa shape index (κ1) is 22.2. The highest BCUT2D eigenvalue weighted by Gasteiger charge is 2.24. The van der Waals surface area contributed by atoms with Crippen molar-refractivity contribution in [2.45, 2.75) is 34.1 Å². The Bertz CT molecular complexity index is 571. The van der Waals surface area contributed by atoms with Crippen LogP contribution in [0.2, 0.25) is 0 Å². The number of likely N-dealkylation sites (N-methyl/N-ethyl adjacent to an activating group) is 1. The summed E-state index contributed by atoms with van der Waals surface area (Å²) in [7, 11) is 1.45. The molecule has 25 heavy (non-hydrogen) atoms. The second-order valence-electron chi connectivity index (χ2n) is 4.98. The van der Waals surface area contributed by atoms with Gasteiger partial charge in [-0.3, -0.25) is 28.9 Å². The molecule has 0 fully saturated rings. The summed E-state index contributed by atoms with van der Waals surface area (Å²) in [5.74, 6) is -3.37. The van der Waals surface area contributed by atoms with Crippen LogP contribution in [0.4, 0.5) is 0 Å². The number of ether oxygens (including phenoxy) is 2. The maximum absolute atomic E-state index is 11.9. The van der Waals surface area contributed by atoms with Crippen LogP contribution in [-0.4, -0.2) is 72.2 Å². The predicted molar refractivity (Wildman–Crippen MR) is 86.2 cm³/mol. The standard InChI is InChI=1S/C15H23N3O7/c1-6-24-14(23)9-17(5)15(16-10(2)19)18(11(3)20)8-7-13(22)25-12(4)21/h6-9H2,1-5H3. The van der Waals surface area contributed by atoms with E-state index in [0.717, 1.165) is 11.8 Å². The van der Waals surface area contributed by atoms with Crippen molar-refractivity contribution in [3.05, 3.63) is 0 Å². The van der Waals surface area contributed by atoms with Gasteiger partial charge >= 0.3 is 17.9 Å². The lowest BCUT2D eigenvalue weighted by Gasteiger charge is -2.28. The second kappa shape index (κ2) is 10.9. The number of amides is 2. The summed E-state index contributed by atoms with van der Waals surface area (Å²) in [5, 5.41) is 0. The number of hydrogen-bond acceptors (Lipinski definition) is 7. The molecule has 0 N–H and O–H groups in total. The molecule has 0 bridgehead atoms. The minimum Gasteiger partial charge on any atom is -0.465 e. The molecule has 10 nitrogen and oxygen atoms in total. The van der Waals surface area contributed by atoms with E-state index in [2.05, 4.69) is 9.73 Å². The highest BCUT2D eigenvalue weighted by molar-refractivity contribution is 6.02. The second-order valence-corrected chi connectivity index (χ2v) is 4.98. The Balaban J connectivity index is 5.30. The molecular weight excluding hydrogens is 334 g/mol. The van der Waals surface area contributed by atoms with E-state index >= 15 is 0 Å². The Kier molecular flexibility index (Phi) is 9.68. The van der Waals surface area contributed by atoms with Crippen molar-refractivity contribution in [2.24, 2.45) is 4.99 Å². The molecular formula is C15H23N3O7. The zero-order valence-electron chi connectivity index (χ0n) is 15.0. The van der Waals surface area contributed by atoms with E-state index in [9.17, 15) is 24.0 Å². The van der Waals surface area contributed by atoms with Gasteiger partial charge in [0.25, 0.3) is 0 Å². The van der Waals surface area contributed by atoms with E-state index in [1.54, 1.807) is 6.92 Å². The van der Waals surface area contributed by atoms with Gasteiger partial charge in [-0.05, 0) is 6.92 Å². The van der Waals surface area contributed by atoms with Gasteiger partial charge in [0.05, 0.1) is 13.0 Å². The van der Waals surface area contributed by atoms with Crippen molar-refractivity contribution in [1.82, 2.24) is 9.80 Å². The molecule has 0 aliphatic carbocycles. The minimum atomic E-state index is -0.825. The highest BCUT2D eigenvalue weighted by atomic mass is 16.6. The Morgan fingerprint density at radius 1 is 1.00 bits per heavy atom. The van der Waals surface area contributed by atoms with Crippen LogP contribution in [0.15, 0.2) is 4.99 Å². The fourth-order valence-electron chi connectivity index (χ4n) is 1.78. The van der Waals surface area contributed by atoms with Gasteiger partial charge in [0.15, 0.2) is 0 Å². The van der Waals surface area contributed by atoms with Crippen LogP contribution in [0.3, 0.4) is 0 Å². The average Bonchev–Trinajstić information content (AvgIpc) is 2.44. The number of aliphatic imine (C=N–C) groups is 1. The van der Waals surface area contributed by atoms with E-state index in [1.807, 2.05) is 0 Å². The zero-order valence-corrected chi connectivity index (χ0v) is 15.0. The first-order valence-corrected chi connectivity index (χ1v) is 7.53. The number of hydrogen-bond donors (Lipinski definition) is 0. The molecule has 0 aliphatic heterocycles. The van der Waals surface area contributed by atoms with Crippen molar-refractivity contribution in [2.75, 3.05) is 26.7 Å². The third-order valence-corrected chi connectivity index (χ3v) is 2.69. The van der Waals surface area contributed by atoms with Crippen LogP contribution in [-0.2, 0) is 33.4 Å². The van der Waals surface area contributed by atoms with Crippen LogP contribution in [0.1, 0.15) is 34.1 Å². The molecule has 0 saturated carbocycles. The summed E-state index contributed by atoms with van der Waals surface area (Å²) >= 11 is 0. The van der Waals surface area contributed by atoms with Gasteiger partial charge in [-0.15, -0.1) is 0 Å². The molecule has 2 amide bonds. The Morgan fingerprint density at radius 3 is 2.04 bits per heavy atom. The monoisotopic (exact) mass is 357 g/mol. The molecule has 0 unspecified atom stereocenters. The maximum Gasteiger partial charge on any atom is 0.325 e. The third-order valence-electron chi connectivity index (χ3n) is 2.69. The Labute approximate surface area is 145 Å². The van der Waals surface area contributed by atoms with E-state index in [4.69, 9.17) is 4.74 Å². The molecule has 0 spiro atoms. The topological polar surface area (TPSA) is 123 Å². The molecule has 0 aromatic carbocycles. The number of guanidine groups is 1. The molecule has 0 aromatic heterocycles. The zero-order chi connectivity index (χ0) is 19.6. The lowest BCUT2D eigenvalue weighted by molar-refractivity contribution is -0.158. The lowest BCUT2D eigenvalue weighted by atomic mass is 10.3. The van der Waals surface area contributed by atoms with Crippen molar-refractivity contribution in [3.63, 3.8) is 0 Å². The average molecular weight is 357 g/mol. The normalized spacial score (nSPS) is 10.7. The Hall–Kier alpha value is -2.78. The number of esters is 3. The Morgan fingerprint density at radius 2 is 1.60 bits per heavy atom. The summed E-state index contributed by atoms with van der Waals surface area (Å²) in [5.41, 5.74) is 0. The SMILES string of the molecule is CCOC(=O)CN(C)C(=NC(C)=O)N(CCC(=O)OC(C)=O)C(C)=O. The number of carbonyl (C=O) groups excluding carboxylic acids is 5. The molecule has 0 saturated heterocycles. The van der Waals surface area contributed by atoms with Crippen molar-refractivity contribution in [3.8, 4) is 0 Å². The third kappa shape index (κ3) is 9.18. The smallest absolute Gasteiger partial charge is 0.325 e. The van der Waals surface area contributed by atoms with Gasteiger partial charge in [-0.1, -0.05) is 0 Å². The first-order chi connectivity index (χ1) is 11.6. The van der Waals surface area contributed by atoms with Crippen LogP contribution < -0.4 is 0 Å². The lowest BCUT2D eigenvalue weighted by Crippen LogP contribution is -2.48. The van der Waals surface area contributed by atoms with Gasteiger partial charge in [0.1, 0.15) is 6.54 Å². The largest absolute Gasteiger partial charge is 0.465 e. The quantitative estimate of drug-likeness (QED) is 0.275. The summed E-state index contributed by atoms with van der Waals surface area (Å²) < 4.78 is 9.20. The van der Waals surface area contributed by atoms with Crippen molar-refractivity contribution < 1.29 is 33.4 Å². The van der Waals surface area contributed by atoms with Crippen LogP contribution in [0.5, 0.6) is 0 Å². The molecule has 0 rings (SSSR count). The summed E-state index contributed by atoms with van der Waals surface area (Å²) in [6, 6.07) is 0. The molecule has 0 aromatic rings. The number of nitrogens with zero attached hydrogens (tertiary/aromatic N) is 3. The van der Waals surface area contributed by atoms with Gasteiger partial charge in [0.2, 0.25) is 17.8 Å². The van der Waals surface area contributed by atoms with Gasteiger partial charge in [-0.25, -0.2) is 0 Å². The van der Waals surface area contributed by atoms with Crippen LogP contribution in [0.25, 0.3) is 0 Å². The van der Waals surface area contributed by atoms with Gasteiger partial charge in [-0.2, -0.15) is 4.99 Å². The fourth-order valence-corrected chi connectivity index (χ4v) is 1.78. The molecule has 140 valence electrons. The molecule has 0 radical (unpaired) electrons.